The highest BCUT2D eigenvalue weighted by atomic mass is 16.3. The zero-order chi connectivity index (χ0) is 12.1. The lowest BCUT2D eigenvalue weighted by Crippen LogP contribution is -2.47. The van der Waals surface area contributed by atoms with Crippen molar-refractivity contribution in [3.63, 3.8) is 0 Å². The number of carbonyl (C=O) groups excluding carboxylic acids is 1. The molecule has 1 aromatic carbocycles. The highest BCUT2D eigenvalue weighted by Crippen LogP contribution is 2.30. The average molecular weight is 231 g/mol. The van der Waals surface area contributed by atoms with Crippen molar-refractivity contribution < 1.29 is 9.90 Å². The number of hydrogen-bond acceptors (Lipinski definition) is 2. The Bertz CT molecular complexity index is 407. The molecule has 0 unspecified atom stereocenters. The lowest BCUT2D eigenvalue weighted by molar-refractivity contribution is -0.118. The summed E-state index contributed by atoms with van der Waals surface area (Å²) in [4.78, 5) is 11.5. The third-order valence-corrected chi connectivity index (χ3v) is 3.10. The molecule has 17 heavy (non-hydrogen) atoms. The second kappa shape index (κ2) is 5.15. The minimum Gasteiger partial charge on any atom is -0.388 e. The van der Waals surface area contributed by atoms with Gasteiger partial charge < -0.3 is 10.4 Å². The third-order valence-electron chi connectivity index (χ3n) is 3.10. The second-order valence-electron chi connectivity index (χ2n) is 4.54. The van der Waals surface area contributed by atoms with Gasteiger partial charge in [-0.15, -0.1) is 0 Å². The van der Waals surface area contributed by atoms with Crippen LogP contribution in [0.4, 0.5) is 0 Å². The van der Waals surface area contributed by atoms with Gasteiger partial charge in [0.15, 0.2) is 0 Å². The molecule has 0 atom stereocenters. The molecule has 3 heteroatoms. The van der Waals surface area contributed by atoms with Crippen molar-refractivity contribution in [2.75, 3.05) is 6.54 Å². The Kier molecular flexibility index (Phi) is 3.59. The van der Waals surface area contributed by atoms with Crippen molar-refractivity contribution in [3.8, 4) is 0 Å². The molecule has 1 aromatic rings. The van der Waals surface area contributed by atoms with Gasteiger partial charge in [0.1, 0.15) is 0 Å². The lowest BCUT2D eigenvalue weighted by atomic mass is 9.80. The highest BCUT2D eigenvalue weighted by molar-refractivity contribution is 5.91. The van der Waals surface area contributed by atoms with Gasteiger partial charge in [-0.25, -0.2) is 0 Å². The smallest absolute Gasteiger partial charge is 0.244 e. The number of carbonyl (C=O) groups is 1. The summed E-state index contributed by atoms with van der Waals surface area (Å²) in [5, 5.41) is 12.5. The fourth-order valence-corrected chi connectivity index (χ4v) is 1.81. The number of benzene rings is 1. The minimum absolute atomic E-state index is 0.158. The molecular weight excluding hydrogens is 214 g/mol. The third kappa shape index (κ3) is 3.43. The van der Waals surface area contributed by atoms with Crippen LogP contribution in [0.2, 0.25) is 0 Å². The highest BCUT2D eigenvalue weighted by Gasteiger charge is 2.34. The van der Waals surface area contributed by atoms with Gasteiger partial charge in [-0.2, -0.15) is 0 Å². The Morgan fingerprint density at radius 3 is 2.65 bits per heavy atom. The molecule has 1 fully saturated rings. The Morgan fingerprint density at radius 1 is 1.35 bits per heavy atom. The Hall–Kier alpha value is -1.61. The number of amides is 1. The molecule has 2 rings (SSSR count). The predicted octanol–water partition coefficient (Wildman–Crippen LogP) is 1.73. The summed E-state index contributed by atoms with van der Waals surface area (Å²) in [5.74, 6) is -0.158. The van der Waals surface area contributed by atoms with E-state index >= 15 is 0 Å². The summed E-state index contributed by atoms with van der Waals surface area (Å²) >= 11 is 0. The van der Waals surface area contributed by atoms with E-state index in [-0.39, 0.29) is 5.91 Å². The van der Waals surface area contributed by atoms with Gasteiger partial charge in [0, 0.05) is 12.6 Å². The van der Waals surface area contributed by atoms with E-state index < -0.39 is 5.60 Å². The van der Waals surface area contributed by atoms with Crippen LogP contribution in [-0.4, -0.2) is 23.2 Å². The molecule has 0 aromatic heterocycles. The molecule has 0 heterocycles. The zero-order valence-electron chi connectivity index (χ0n) is 9.73. The van der Waals surface area contributed by atoms with E-state index in [0.717, 1.165) is 24.8 Å². The first kappa shape index (κ1) is 11.9. The molecule has 1 aliphatic carbocycles. The van der Waals surface area contributed by atoms with Crippen molar-refractivity contribution in [1.82, 2.24) is 5.32 Å². The molecule has 0 saturated heterocycles. The summed E-state index contributed by atoms with van der Waals surface area (Å²) in [6.45, 7) is 0.352. The summed E-state index contributed by atoms with van der Waals surface area (Å²) in [5.41, 5.74) is 0.334. The topological polar surface area (TPSA) is 49.3 Å². The van der Waals surface area contributed by atoms with E-state index in [1.54, 1.807) is 6.08 Å². The van der Waals surface area contributed by atoms with Crippen molar-refractivity contribution in [2.24, 2.45) is 0 Å². The van der Waals surface area contributed by atoms with E-state index in [4.69, 9.17) is 0 Å². The van der Waals surface area contributed by atoms with Crippen LogP contribution in [0, 0.1) is 0 Å². The normalized spacial score (nSPS) is 17.7. The van der Waals surface area contributed by atoms with Crippen LogP contribution in [-0.2, 0) is 4.79 Å². The summed E-state index contributed by atoms with van der Waals surface area (Å²) in [6, 6.07) is 9.65. The fraction of sp³-hybridized carbons (Fsp3) is 0.357. The first-order chi connectivity index (χ1) is 8.18. The maximum absolute atomic E-state index is 11.5. The van der Waals surface area contributed by atoms with Gasteiger partial charge in [-0.3, -0.25) is 4.79 Å². The van der Waals surface area contributed by atoms with Crippen LogP contribution >= 0.6 is 0 Å². The van der Waals surface area contributed by atoms with Crippen LogP contribution in [0.5, 0.6) is 0 Å². The van der Waals surface area contributed by atoms with Gasteiger partial charge in [0.05, 0.1) is 5.60 Å². The summed E-state index contributed by atoms with van der Waals surface area (Å²) in [7, 11) is 0. The van der Waals surface area contributed by atoms with Crippen molar-refractivity contribution >= 4 is 12.0 Å². The predicted molar refractivity (Wildman–Crippen MR) is 67.3 cm³/mol. The van der Waals surface area contributed by atoms with Crippen LogP contribution in [0.1, 0.15) is 24.8 Å². The maximum atomic E-state index is 11.5. The van der Waals surface area contributed by atoms with Crippen LogP contribution in [0.15, 0.2) is 36.4 Å². The SMILES string of the molecule is O=C(C=Cc1ccccc1)NCC1(O)CCC1. The van der Waals surface area contributed by atoms with E-state index in [1.165, 1.54) is 6.08 Å². The second-order valence-corrected chi connectivity index (χ2v) is 4.54. The zero-order valence-corrected chi connectivity index (χ0v) is 9.73. The lowest BCUT2D eigenvalue weighted by Gasteiger charge is -2.36. The Balaban J connectivity index is 1.79. The molecule has 3 nitrogen and oxygen atoms in total. The molecule has 0 bridgehead atoms. The van der Waals surface area contributed by atoms with E-state index in [2.05, 4.69) is 5.32 Å². The Morgan fingerprint density at radius 2 is 2.06 bits per heavy atom. The standard InChI is InChI=1S/C14H17NO2/c16-13(15-11-14(17)9-4-10-14)8-7-12-5-2-1-3-6-12/h1-3,5-8,17H,4,9-11H2,(H,15,16). The van der Waals surface area contributed by atoms with Gasteiger partial charge in [-0.05, 0) is 30.9 Å². The van der Waals surface area contributed by atoms with Gasteiger partial charge in [-0.1, -0.05) is 30.3 Å². The van der Waals surface area contributed by atoms with Crippen molar-refractivity contribution in [2.45, 2.75) is 24.9 Å². The fourth-order valence-electron chi connectivity index (χ4n) is 1.81. The largest absolute Gasteiger partial charge is 0.388 e. The summed E-state index contributed by atoms with van der Waals surface area (Å²) in [6.07, 6.45) is 5.88. The quantitative estimate of drug-likeness (QED) is 0.775. The molecule has 0 aliphatic heterocycles. The number of nitrogens with one attached hydrogen (secondary N) is 1. The molecule has 1 saturated carbocycles. The van der Waals surface area contributed by atoms with Crippen LogP contribution in [0.3, 0.4) is 0 Å². The first-order valence-electron chi connectivity index (χ1n) is 5.91. The summed E-state index contributed by atoms with van der Waals surface area (Å²) < 4.78 is 0. The number of aliphatic hydroxyl groups is 1. The van der Waals surface area contributed by atoms with Crippen LogP contribution in [0.25, 0.3) is 6.08 Å². The van der Waals surface area contributed by atoms with Crippen LogP contribution < -0.4 is 5.32 Å². The number of rotatable bonds is 4. The monoisotopic (exact) mass is 231 g/mol. The van der Waals surface area contributed by atoms with Crippen molar-refractivity contribution in [3.05, 3.63) is 42.0 Å². The van der Waals surface area contributed by atoms with Gasteiger partial charge in [0.25, 0.3) is 0 Å². The van der Waals surface area contributed by atoms with E-state index in [1.807, 2.05) is 30.3 Å². The number of hydrogen-bond donors (Lipinski definition) is 2. The van der Waals surface area contributed by atoms with E-state index in [9.17, 15) is 9.90 Å². The molecule has 1 aliphatic rings. The van der Waals surface area contributed by atoms with Gasteiger partial charge >= 0.3 is 0 Å². The molecule has 0 spiro atoms. The average Bonchev–Trinajstić information content (AvgIpc) is 2.33. The molecule has 1 amide bonds. The minimum atomic E-state index is -0.657. The van der Waals surface area contributed by atoms with Gasteiger partial charge in [0.2, 0.25) is 5.91 Å². The Labute approximate surface area is 101 Å². The van der Waals surface area contributed by atoms with Crippen molar-refractivity contribution in [1.29, 1.82) is 0 Å². The molecule has 0 radical (unpaired) electrons. The first-order valence-corrected chi connectivity index (χ1v) is 5.91. The maximum Gasteiger partial charge on any atom is 0.244 e. The molecule has 2 N–H and O–H groups in total. The van der Waals surface area contributed by atoms with E-state index in [0.29, 0.717) is 6.54 Å². The molecule has 90 valence electrons. The molecular formula is C14H17NO2.